The van der Waals surface area contributed by atoms with Gasteiger partial charge in [-0.25, -0.2) is 10.2 Å². The van der Waals surface area contributed by atoms with Crippen molar-refractivity contribution in [1.29, 1.82) is 0 Å². The summed E-state index contributed by atoms with van der Waals surface area (Å²) in [6.45, 7) is 0. The van der Waals surface area contributed by atoms with Crippen molar-refractivity contribution >= 4 is 5.91 Å². The van der Waals surface area contributed by atoms with Crippen LogP contribution < -0.4 is 11.3 Å². The van der Waals surface area contributed by atoms with Gasteiger partial charge in [0.05, 0.1) is 0 Å². The predicted octanol–water partition coefficient (Wildman–Crippen LogP) is 2.10. The summed E-state index contributed by atoms with van der Waals surface area (Å²) in [6.07, 6.45) is 0. The van der Waals surface area contributed by atoms with Crippen LogP contribution in [0, 0.1) is 5.82 Å². The van der Waals surface area contributed by atoms with Gasteiger partial charge in [-0.15, -0.1) is 0 Å². The minimum Gasteiger partial charge on any atom is -0.290 e. The average molecular weight is 230 g/mol. The number of halogens is 1. The first-order chi connectivity index (χ1) is 8.22. The highest BCUT2D eigenvalue weighted by Gasteiger charge is 2.07. The van der Waals surface area contributed by atoms with E-state index in [-0.39, 0.29) is 5.82 Å². The Kier molecular flexibility index (Phi) is 3.16. The summed E-state index contributed by atoms with van der Waals surface area (Å²) in [7, 11) is 0. The lowest BCUT2D eigenvalue weighted by Crippen LogP contribution is -2.29. The minimum absolute atomic E-state index is 0.321. The highest BCUT2D eigenvalue weighted by molar-refractivity contribution is 5.95. The van der Waals surface area contributed by atoms with E-state index in [0.717, 1.165) is 0 Å². The molecule has 0 saturated carbocycles. The fourth-order valence-corrected chi connectivity index (χ4v) is 1.61. The van der Waals surface area contributed by atoms with Gasteiger partial charge in [0.25, 0.3) is 5.91 Å². The van der Waals surface area contributed by atoms with Gasteiger partial charge in [0, 0.05) is 11.1 Å². The number of nitrogen functional groups attached to an aromatic ring is 1. The van der Waals surface area contributed by atoms with E-state index < -0.39 is 5.91 Å². The van der Waals surface area contributed by atoms with Gasteiger partial charge in [-0.1, -0.05) is 30.3 Å². The maximum atomic E-state index is 13.6. The van der Waals surface area contributed by atoms with Gasteiger partial charge in [0.1, 0.15) is 5.82 Å². The predicted molar refractivity (Wildman–Crippen MR) is 63.5 cm³/mol. The third-order valence-corrected chi connectivity index (χ3v) is 2.44. The Hall–Kier alpha value is -2.20. The summed E-state index contributed by atoms with van der Waals surface area (Å²) < 4.78 is 13.6. The third kappa shape index (κ3) is 2.32. The van der Waals surface area contributed by atoms with Crippen molar-refractivity contribution in [3.8, 4) is 11.1 Å². The summed E-state index contributed by atoms with van der Waals surface area (Å²) in [4.78, 5) is 11.4. The minimum atomic E-state index is -0.400. The van der Waals surface area contributed by atoms with Gasteiger partial charge >= 0.3 is 0 Å². The fraction of sp³-hybridized carbons (Fsp3) is 0. The normalized spacial score (nSPS) is 10.0. The number of amides is 1. The number of hydrogen-bond acceptors (Lipinski definition) is 2. The van der Waals surface area contributed by atoms with Crippen molar-refractivity contribution in [2.24, 2.45) is 5.84 Å². The molecule has 2 aromatic carbocycles. The summed E-state index contributed by atoms with van der Waals surface area (Å²) in [6, 6.07) is 13.0. The zero-order chi connectivity index (χ0) is 12.3. The molecule has 0 spiro atoms. The summed E-state index contributed by atoms with van der Waals surface area (Å²) in [5, 5.41) is 0. The van der Waals surface area contributed by atoms with Crippen LogP contribution in [-0.2, 0) is 0 Å². The lowest BCUT2D eigenvalue weighted by Gasteiger charge is -2.05. The molecule has 0 aliphatic carbocycles. The highest BCUT2D eigenvalue weighted by Crippen LogP contribution is 2.23. The number of nitrogens with two attached hydrogens (primary N) is 1. The van der Waals surface area contributed by atoms with Crippen molar-refractivity contribution in [2.75, 3.05) is 0 Å². The third-order valence-electron chi connectivity index (χ3n) is 2.44. The second-order valence-corrected chi connectivity index (χ2v) is 3.53. The first kappa shape index (κ1) is 11.3. The van der Waals surface area contributed by atoms with Gasteiger partial charge < -0.3 is 0 Å². The molecule has 0 heterocycles. The molecule has 0 aliphatic rings. The molecule has 17 heavy (non-hydrogen) atoms. The second kappa shape index (κ2) is 4.76. The van der Waals surface area contributed by atoms with Crippen LogP contribution in [0.2, 0.25) is 0 Å². The van der Waals surface area contributed by atoms with E-state index in [1.54, 1.807) is 42.5 Å². The van der Waals surface area contributed by atoms with Crippen LogP contribution in [0.5, 0.6) is 0 Å². The quantitative estimate of drug-likeness (QED) is 0.471. The van der Waals surface area contributed by atoms with Crippen LogP contribution in [0.3, 0.4) is 0 Å². The van der Waals surface area contributed by atoms with Crippen LogP contribution in [0.1, 0.15) is 10.4 Å². The van der Waals surface area contributed by atoms with E-state index in [0.29, 0.717) is 16.7 Å². The first-order valence-electron chi connectivity index (χ1n) is 5.08. The lowest BCUT2D eigenvalue weighted by molar-refractivity contribution is 0.0953. The fourth-order valence-electron chi connectivity index (χ4n) is 1.61. The Labute approximate surface area is 98.0 Å². The molecule has 0 fully saturated rings. The Balaban J connectivity index is 2.47. The molecule has 1 amide bonds. The van der Waals surface area contributed by atoms with Crippen molar-refractivity contribution < 1.29 is 9.18 Å². The van der Waals surface area contributed by atoms with Crippen molar-refractivity contribution in [3.63, 3.8) is 0 Å². The summed E-state index contributed by atoms with van der Waals surface area (Å²) in [5.74, 6) is 4.33. The van der Waals surface area contributed by atoms with E-state index in [2.05, 4.69) is 0 Å². The first-order valence-corrected chi connectivity index (χ1v) is 5.08. The Morgan fingerprint density at radius 3 is 2.59 bits per heavy atom. The Bertz CT molecular complexity index is 555. The van der Waals surface area contributed by atoms with E-state index in [1.807, 2.05) is 5.43 Å². The molecule has 0 radical (unpaired) electrons. The van der Waals surface area contributed by atoms with Gasteiger partial charge in [-0.05, 0) is 23.8 Å². The number of benzene rings is 2. The largest absolute Gasteiger partial charge is 0.290 e. The maximum Gasteiger partial charge on any atom is 0.265 e. The molecule has 2 rings (SSSR count). The molecule has 0 bridgehead atoms. The number of carbonyl (C=O) groups excluding carboxylic acids is 1. The lowest BCUT2D eigenvalue weighted by atomic mass is 10.0. The summed E-state index contributed by atoms with van der Waals surface area (Å²) in [5.41, 5.74) is 3.54. The zero-order valence-electron chi connectivity index (χ0n) is 8.98. The van der Waals surface area contributed by atoms with Gasteiger partial charge in [0.2, 0.25) is 0 Å². The highest BCUT2D eigenvalue weighted by atomic mass is 19.1. The van der Waals surface area contributed by atoms with Crippen LogP contribution in [-0.4, -0.2) is 5.91 Å². The standard InChI is InChI=1S/C13H11FN2O/c14-12-7-2-1-6-11(12)9-4-3-5-10(8-9)13(17)16-15/h1-8H,15H2,(H,16,17). The molecule has 3 nitrogen and oxygen atoms in total. The molecule has 0 saturated heterocycles. The molecular formula is C13H11FN2O. The van der Waals surface area contributed by atoms with Crippen LogP contribution >= 0.6 is 0 Å². The topological polar surface area (TPSA) is 55.1 Å². The number of rotatable bonds is 2. The molecule has 2 aromatic rings. The molecular weight excluding hydrogens is 219 g/mol. The zero-order valence-corrected chi connectivity index (χ0v) is 8.98. The molecule has 0 aromatic heterocycles. The van der Waals surface area contributed by atoms with Crippen LogP contribution in [0.4, 0.5) is 4.39 Å². The van der Waals surface area contributed by atoms with Gasteiger partial charge in [-0.3, -0.25) is 10.2 Å². The van der Waals surface area contributed by atoms with Crippen LogP contribution in [0.15, 0.2) is 48.5 Å². The van der Waals surface area contributed by atoms with E-state index in [1.165, 1.54) is 6.07 Å². The average Bonchev–Trinajstić information content (AvgIpc) is 2.38. The molecule has 3 N–H and O–H groups in total. The second-order valence-electron chi connectivity index (χ2n) is 3.53. The van der Waals surface area contributed by atoms with E-state index in [4.69, 9.17) is 5.84 Å². The SMILES string of the molecule is NNC(=O)c1cccc(-c2ccccc2F)c1. The van der Waals surface area contributed by atoms with Gasteiger partial charge in [-0.2, -0.15) is 0 Å². The maximum absolute atomic E-state index is 13.6. The van der Waals surface area contributed by atoms with Crippen molar-refractivity contribution in [1.82, 2.24) is 5.43 Å². The Morgan fingerprint density at radius 1 is 1.12 bits per heavy atom. The van der Waals surface area contributed by atoms with Crippen LogP contribution in [0.25, 0.3) is 11.1 Å². The summed E-state index contributed by atoms with van der Waals surface area (Å²) >= 11 is 0. The number of nitrogens with one attached hydrogen (secondary N) is 1. The molecule has 0 aliphatic heterocycles. The van der Waals surface area contributed by atoms with Gasteiger partial charge in [0.15, 0.2) is 0 Å². The Morgan fingerprint density at radius 2 is 1.88 bits per heavy atom. The monoisotopic (exact) mass is 230 g/mol. The van der Waals surface area contributed by atoms with Crippen molar-refractivity contribution in [2.45, 2.75) is 0 Å². The molecule has 0 unspecified atom stereocenters. The molecule has 4 heteroatoms. The van der Waals surface area contributed by atoms with Crippen molar-refractivity contribution in [3.05, 3.63) is 59.9 Å². The molecule has 0 atom stereocenters. The number of hydrazine groups is 1. The number of carbonyl (C=O) groups is 1. The number of hydrogen-bond donors (Lipinski definition) is 2. The molecule has 86 valence electrons. The van der Waals surface area contributed by atoms with E-state index >= 15 is 0 Å². The van der Waals surface area contributed by atoms with E-state index in [9.17, 15) is 9.18 Å². The smallest absolute Gasteiger partial charge is 0.265 e.